The first kappa shape index (κ1) is 39.6. The van der Waals surface area contributed by atoms with Crippen LogP contribution in [0.25, 0.3) is 0 Å². The Hall–Kier alpha value is -3.16. The van der Waals surface area contributed by atoms with Gasteiger partial charge in [-0.25, -0.2) is 0 Å². The molecule has 2 aromatic carbocycles. The first-order valence-electron chi connectivity index (χ1n) is 19.5. The molecule has 50 heavy (non-hydrogen) atoms. The van der Waals surface area contributed by atoms with Gasteiger partial charge in [0.05, 0.1) is 32.0 Å². The van der Waals surface area contributed by atoms with E-state index in [-0.39, 0.29) is 11.9 Å². The maximum absolute atomic E-state index is 13.0. The maximum Gasteiger partial charge on any atom is 0.312 e. The SMILES string of the molecule is Cc1cc(C)cc(CNCCCCCCCCCCCCOC(=O)C2C3C=CC(O3)C2C(=O)OCCCCCCOc2cc(C)cc(C)c2)c1. The number of ether oxygens (including phenoxy) is 4. The van der Waals surface area contributed by atoms with E-state index in [2.05, 4.69) is 69.4 Å². The maximum atomic E-state index is 13.0. The van der Waals surface area contributed by atoms with Crippen LogP contribution in [0.15, 0.2) is 48.6 Å². The number of carbonyl (C=O) groups is 2. The standard InChI is InChI=1S/C43H63NO6/c1-32-25-33(2)28-36(27-32)31-44-21-15-11-9-7-5-6-8-10-12-17-23-48-42(45)40-38-19-20-39(50-38)41(40)43(46)49-24-18-14-13-16-22-47-37-29-34(3)26-35(4)30-37/h19-20,25-30,38-41,44H,5-18,21-24,31H2,1-4H3. The number of rotatable bonds is 25. The first-order chi connectivity index (χ1) is 24.3. The van der Waals surface area contributed by atoms with E-state index in [0.717, 1.165) is 63.8 Å². The molecule has 0 radical (unpaired) electrons. The minimum absolute atomic E-state index is 0.340. The molecule has 0 aromatic heterocycles. The van der Waals surface area contributed by atoms with Gasteiger partial charge < -0.3 is 24.3 Å². The normalized spacial score (nSPS) is 19.2. The number of unbranched alkanes of at least 4 members (excludes halogenated alkanes) is 12. The summed E-state index contributed by atoms with van der Waals surface area (Å²) >= 11 is 0. The summed E-state index contributed by atoms with van der Waals surface area (Å²) in [6.45, 7) is 11.9. The highest BCUT2D eigenvalue weighted by Crippen LogP contribution is 2.40. The molecule has 2 bridgehead atoms. The van der Waals surface area contributed by atoms with Crippen LogP contribution in [0.2, 0.25) is 0 Å². The highest BCUT2D eigenvalue weighted by Gasteiger charge is 2.54. The summed E-state index contributed by atoms with van der Waals surface area (Å²) in [7, 11) is 0. The van der Waals surface area contributed by atoms with Crippen molar-refractivity contribution in [2.75, 3.05) is 26.4 Å². The van der Waals surface area contributed by atoms with Crippen LogP contribution in [-0.2, 0) is 30.3 Å². The van der Waals surface area contributed by atoms with Crippen molar-refractivity contribution in [3.8, 4) is 5.75 Å². The fourth-order valence-electron chi connectivity index (χ4n) is 7.34. The van der Waals surface area contributed by atoms with Crippen molar-refractivity contribution in [3.63, 3.8) is 0 Å². The van der Waals surface area contributed by atoms with Gasteiger partial charge in [0.2, 0.25) is 0 Å². The highest BCUT2D eigenvalue weighted by molar-refractivity contribution is 5.85. The Labute approximate surface area is 301 Å². The molecule has 2 heterocycles. The lowest BCUT2D eigenvalue weighted by Gasteiger charge is -2.22. The molecule has 1 saturated heterocycles. The summed E-state index contributed by atoms with van der Waals surface area (Å²) in [5.41, 5.74) is 6.46. The second-order valence-electron chi connectivity index (χ2n) is 14.6. The lowest BCUT2D eigenvalue weighted by molar-refractivity contribution is -0.160. The quantitative estimate of drug-likeness (QED) is 0.0632. The van der Waals surface area contributed by atoms with E-state index in [1.165, 1.54) is 72.8 Å². The molecule has 4 unspecified atom stereocenters. The van der Waals surface area contributed by atoms with Crippen LogP contribution in [0.4, 0.5) is 0 Å². The first-order valence-corrected chi connectivity index (χ1v) is 19.5. The second kappa shape index (κ2) is 21.9. The van der Waals surface area contributed by atoms with Gasteiger partial charge in [0.25, 0.3) is 0 Å². The minimum Gasteiger partial charge on any atom is -0.494 e. The highest BCUT2D eigenvalue weighted by atomic mass is 16.6. The van der Waals surface area contributed by atoms with Gasteiger partial charge in [0.1, 0.15) is 17.6 Å². The van der Waals surface area contributed by atoms with Crippen LogP contribution in [0, 0.1) is 39.5 Å². The van der Waals surface area contributed by atoms with Crippen molar-refractivity contribution in [3.05, 3.63) is 76.4 Å². The van der Waals surface area contributed by atoms with Crippen molar-refractivity contribution in [1.82, 2.24) is 5.32 Å². The lowest BCUT2D eigenvalue weighted by atomic mass is 9.83. The molecule has 7 heteroatoms. The van der Waals surface area contributed by atoms with Gasteiger partial charge >= 0.3 is 11.9 Å². The molecule has 0 aliphatic carbocycles. The third-order valence-electron chi connectivity index (χ3n) is 9.79. The van der Waals surface area contributed by atoms with E-state index < -0.39 is 24.0 Å². The van der Waals surface area contributed by atoms with Crippen LogP contribution >= 0.6 is 0 Å². The Morgan fingerprint density at radius 2 is 0.980 bits per heavy atom. The number of fused-ring (bicyclic) bond motifs is 2. The fourth-order valence-corrected chi connectivity index (χ4v) is 7.34. The van der Waals surface area contributed by atoms with E-state index in [1.807, 2.05) is 12.2 Å². The third-order valence-corrected chi connectivity index (χ3v) is 9.79. The molecule has 4 rings (SSSR count). The summed E-state index contributed by atoms with van der Waals surface area (Å²) in [6.07, 6.45) is 18.6. The lowest BCUT2D eigenvalue weighted by Crippen LogP contribution is -2.38. The Bertz CT molecular complexity index is 1310. The Morgan fingerprint density at radius 3 is 1.48 bits per heavy atom. The van der Waals surface area contributed by atoms with Crippen molar-refractivity contribution in [1.29, 1.82) is 0 Å². The van der Waals surface area contributed by atoms with Gasteiger partial charge in [-0.3, -0.25) is 9.59 Å². The van der Waals surface area contributed by atoms with Crippen molar-refractivity contribution >= 4 is 11.9 Å². The zero-order chi connectivity index (χ0) is 35.6. The predicted octanol–water partition coefficient (Wildman–Crippen LogP) is 9.21. The molecular formula is C43H63NO6. The zero-order valence-corrected chi connectivity index (χ0v) is 31.3. The van der Waals surface area contributed by atoms with Crippen LogP contribution in [0.5, 0.6) is 5.75 Å². The Kier molecular flexibility index (Phi) is 17.4. The summed E-state index contributed by atoms with van der Waals surface area (Å²) < 4.78 is 23.0. The van der Waals surface area contributed by atoms with Crippen LogP contribution in [0.1, 0.15) is 118 Å². The predicted molar refractivity (Wildman–Crippen MR) is 200 cm³/mol. The number of hydrogen-bond acceptors (Lipinski definition) is 7. The fraction of sp³-hybridized carbons (Fsp3) is 0.628. The second-order valence-corrected chi connectivity index (χ2v) is 14.6. The number of carbonyl (C=O) groups excluding carboxylic acids is 2. The molecule has 0 saturated carbocycles. The zero-order valence-electron chi connectivity index (χ0n) is 31.3. The molecule has 4 atom stereocenters. The number of hydrogen-bond donors (Lipinski definition) is 1. The van der Waals surface area contributed by atoms with E-state index in [1.54, 1.807) is 0 Å². The number of aryl methyl sites for hydroxylation is 4. The van der Waals surface area contributed by atoms with Gasteiger partial charge in [-0.15, -0.1) is 0 Å². The molecule has 1 fully saturated rings. The average molecular weight is 690 g/mol. The summed E-state index contributed by atoms with van der Waals surface area (Å²) in [5, 5.41) is 3.59. The van der Waals surface area contributed by atoms with E-state index in [4.69, 9.17) is 18.9 Å². The molecular weight excluding hydrogens is 626 g/mol. The Balaban J connectivity index is 0.960. The molecule has 0 amide bonds. The van der Waals surface area contributed by atoms with Gasteiger partial charge in [-0.2, -0.15) is 0 Å². The topological polar surface area (TPSA) is 83.1 Å². The number of nitrogens with one attached hydrogen (secondary N) is 1. The largest absolute Gasteiger partial charge is 0.494 e. The number of esters is 2. The van der Waals surface area contributed by atoms with Gasteiger partial charge in [-0.05, 0) is 102 Å². The summed E-state index contributed by atoms with van der Waals surface area (Å²) in [4.78, 5) is 26.0. The molecule has 1 N–H and O–H groups in total. The van der Waals surface area contributed by atoms with Crippen molar-refractivity contribution in [2.24, 2.45) is 11.8 Å². The molecule has 2 aromatic rings. The molecule has 276 valence electrons. The molecule has 2 aliphatic heterocycles. The average Bonchev–Trinajstić information content (AvgIpc) is 3.69. The van der Waals surface area contributed by atoms with E-state index >= 15 is 0 Å². The van der Waals surface area contributed by atoms with Crippen molar-refractivity contribution < 1.29 is 28.5 Å². The molecule has 0 spiro atoms. The van der Waals surface area contributed by atoms with Crippen LogP contribution < -0.4 is 10.1 Å². The van der Waals surface area contributed by atoms with Crippen LogP contribution in [0.3, 0.4) is 0 Å². The van der Waals surface area contributed by atoms with E-state index in [9.17, 15) is 9.59 Å². The monoisotopic (exact) mass is 689 g/mol. The minimum atomic E-state index is -0.622. The number of benzene rings is 2. The Morgan fingerprint density at radius 1 is 0.560 bits per heavy atom. The van der Waals surface area contributed by atoms with E-state index in [0.29, 0.717) is 19.8 Å². The van der Waals surface area contributed by atoms with Gasteiger partial charge in [0.15, 0.2) is 0 Å². The van der Waals surface area contributed by atoms with Crippen molar-refractivity contribution in [2.45, 2.75) is 136 Å². The smallest absolute Gasteiger partial charge is 0.312 e. The summed E-state index contributed by atoms with van der Waals surface area (Å²) in [6, 6.07) is 13.0. The van der Waals surface area contributed by atoms with Gasteiger partial charge in [0, 0.05) is 6.54 Å². The summed E-state index contributed by atoms with van der Waals surface area (Å²) in [5.74, 6) is -1.01. The molecule has 7 nitrogen and oxygen atoms in total. The molecule has 2 aliphatic rings. The van der Waals surface area contributed by atoms with Crippen LogP contribution in [-0.4, -0.2) is 50.5 Å². The third kappa shape index (κ3) is 13.9. The van der Waals surface area contributed by atoms with Gasteiger partial charge in [-0.1, -0.05) is 98.9 Å².